The molecule has 7 nitrogen and oxygen atoms in total. The first kappa shape index (κ1) is 20.5. The lowest BCUT2D eigenvalue weighted by Gasteiger charge is -2.36. The second kappa shape index (κ2) is 9.78. The van der Waals surface area contributed by atoms with Gasteiger partial charge in [0.25, 0.3) is 0 Å². The van der Waals surface area contributed by atoms with Crippen molar-refractivity contribution in [2.75, 3.05) is 33.2 Å². The summed E-state index contributed by atoms with van der Waals surface area (Å²) >= 11 is 5.92. The van der Waals surface area contributed by atoms with E-state index in [2.05, 4.69) is 15.6 Å². The van der Waals surface area contributed by atoms with Crippen LogP contribution < -0.4 is 10.6 Å². The third-order valence-electron chi connectivity index (χ3n) is 4.92. The zero-order chi connectivity index (χ0) is 19.9. The van der Waals surface area contributed by atoms with E-state index in [9.17, 15) is 9.59 Å². The zero-order valence-corrected chi connectivity index (χ0v) is 17.0. The van der Waals surface area contributed by atoms with Gasteiger partial charge in [-0.3, -0.25) is 14.6 Å². The van der Waals surface area contributed by atoms with E-state index in [0.29, 0.717) is 49.6 Å². The Morgan fingerprint density at radius 1 is 1.25 bits per heavy atom. The van der Waals surface area contributed by atoms with Crippen LogP contribution in [0.4, 0.5) is 0 Å². The van der Waals surface area contributed by atoms with Gasteiger partial charge in [0, 0.05) is 50.7 Å². The Morgan fingerprint density at radius 3 is 2.64 bits per heavy atom. The predicted octanol–water partition coefficient (Wildman–Crippen LogP) is 1.62. The molecule has 0 unspecified atom stereocenters. The number of nitrogens with one attached hydrogen (secondary N) is 2. The highest BCUT2D eigenvalue weighted by molar-refractivity contribution is 6.30. The second-order valence-corrected chi connectivity index (χ2v) is 7.72. The first-order valence-corrected chi connectivity index (χ1v) is 10.2. The number of amides is 2. The molecule has 0 bridgehead atoms. The maximum absolute atomic E-state index is 12.5. The molecule has 28 heavy (non-hydrogen) atoms. The fraction of sp³-hybridized carbons (Fsp3) is 0.550. The van der Waals surface area contributed by atoms with Crippen molar-refractivity contribution in [2.45, 2.75) is 38.3 Å². The molecule has 8 heteroatoms. The van der Waals surface area contributed by atoms with Crippen LogP contribution in [0.3, 0.4) is 0 Å². The van der Waals surface area contributed by atoms with Crippen molar-refractivity contribution in [3.63, 3.8) is 0 Å². The minimum absolute atomic E-state index is 0.0768. The number of nitrogens with zero attached hydrogens (tertiary/aromatic N) is 3. The van der Waals surface area contributed by atoms with Gasteiger partial charge < -0.3 is 20.4 Å². The lowest BCUT2D eigenvalue weighted by Crippen LogP contribution is -2.55. The van der Waals surface area contributed by atoms with Crippen LogP contribution in [0.15, 0.2) is 29.3 Å². The van der Waals surface area contributed by atoms with Crippen molar-refractivity contribution in [1.82, 2.24) is 20.4 Å². The molecule has 2 aliphatic rings. The third kappa shape index (κ3) is 6.12. The molecule has 3 rings (SSSR count). The van der Waals surface area contributed by atoms with E-state index < -0.39 is 0 Å². The van der Waals surface area contributed by atoms with Crippen molar-refractivity contribution in [1.29, 1.82) is 0 Å². The molecule has 2 amide bonds. The van der Waals surface area contributed by atoms with Gasteiger partial charge in [0.05, 0.1) is 6.54 Å². The molecule has 1 heterocycles. The number of carbonyl (C=O) groups is 2. The van der Waals surface area contributed by atoms with Crippen LogP contribution in [0.1, 0.15) is 31.2 Å². The summed E-state index contributed by atoms with van der Waals surface area (Å²) in [6.07, 6.45) is 3.46. The molecule has 1 aromatic rings. The number of carbonyl (C=O) groups excluding carboxylic acids is 2. The average Bonchev–Trinajstić information content (AvgIpc) is 3.49. The Morgan fingerprint density at radius 2 is 2.00 bits per heavy atom. The van der Waals surface area contributed by atoms with Crippen LogP contribution in [0, 0.1) is 0 Å². The topological polar surface area (TPSA) is 77.0 Å². The first-order chi connectivity index (χ1) is 13.5. The van der Waals surface area contributed by atoms with Gasteiger partial charge >= 0.3 is 0 Å². The minimum atomic E-state index is 0.0768. The van der Waals surface area contributed by atoms with Gasteiger partial charge in [-0.25, -0.2) is 0 Å². The van der Waals surface area contributed by atoms with Gasteiger partial charge in [-0.2, -0.15) is 0 Å². The van der Waals surface area contributed by atoms with Crippen LogP contribution >= 0.6 is 11.6 Å². The fourth-order valence-corrected chi connectivity index (χ4v) is 3.30. The zero-order valence-electron chi connectivity index (χ0n) is 16.3. The van der Waals surface area contributed by atoms with Crippen molar-refractivity contribution in [2.24, 2.45) is 4.99 Å². The number of piperazine rings is 1. The number of aliphatic imine (C=N–C) groups is 1. The number of hydrogen-bond acceptors (Lipinski definition) is 3. The summed E-state index contributed by atoms with van der Waals surface area (Å²) < 4.78 is 0. The van der Waals surface area contributed by atoms with Crippen molar-refractivity contribution in [3.05, 3.63) is 34.9 Å². The van der Waals surface area contributed by atoms with Crippen LogP contribution in [0.2, 0.25) is 5.02 Å². The summed E-state index contributed by atoms with van der Waals surface area (Å²) in [5.74, 6) is 0.903. The molecular formula is C20H28ClN5O2. The average molecular weight is 406 g/mol. The molecule has 1 saturated heterocycles. The molecule has 1 aromatic carbocycles. The third-order valence-corrected chi connectivity index (χ3v) is 5.17. The summed E-state index contributed by atoms with van der Waals surface area (Å²) in [7, 11) is 1.71. The van der Waals surface area contributed by atoms with Gasteiger partial charge in [-0.15, -0.1) is 0 Å². The SMILES string of the molecule is CN=C(NCCCC(=O)NC1CC1)N1CCN(Cc2ccc(Cl)cc2)C(=O)C1. The van der Waals surface area contributed by atoms with Crippen LogP contribution in [0.25, 0.3) is 0 Å². The van der Waals surface area contributed by atoms with E-state index in [1.165, 1.54) is 0 Å². The molecule has 0 spiro atoms. The van der Waals surface area contributed by atoms with Crippen LogP contribution in [-0.4, -0.2) is 66.8 Å². The fourth-order valence-electron chi connectivity index (χ4n) is 3.18. The van der Waals surface area contributed by atoms with E-state index >= 15 is 0 Å². The van der Waals surface area contributed by atoms with Crippen LogP contribution in [-0.2, 0) is 16.1 Å². The highest BCUT2D eigenvalue weighted by Gasteiger charge is 2.26. The number of halogens is 1. The van der Waals surface area contributed by atoms with Gasteiger partial charge in [0.15, 0.2) is 5.96 Å². The molecule has 152 valence electrons. The predicted molar refractivity (Wildman–Crippen MR) is 110 cm³/mol. The molecular weight excluding hydrogens is 378 g/mol. The Kier molecular flexibility index (Phi) is 7.14. The second-order valence-electron chi connectivity index (χ2n) is 7.28. The molecule has 0 aromatic heterocycles. The van der Waals surface area contributed by atoms with Gasteiger partial charge in [-0.1, -0.05) is 23.7 Å². The van der Waals surface area contributed by atoms with Crippen molar-refractivity contribution in [3.8, 4) is 0 Å². The monoisotopic (exact) mass is 405 g/mol. The van der Waals surface area contributed by atoms with E-state index in [0.717, 1.165) is 31.4 Å². The molecule has 2 N–H and O–H groups in total. The highest BCUT2D eigenvalue weighted by Crippen LogP contribution is 2.18. The number of hydrogen-bond donors (Lipinski definition) is 2. The van der Waals surface area contributed by atoms with Gasteiger partial charge in [0.1, 0.15) is 0 Å². The molecule has 1 aliphatic carbocycles. The summed E-state index contributed by atoms with van der Waals surface area (Å²) in [4.78, 5) is 32.4. The van der Waals surface area contributed by atoms with Crippen molar-refractivity contribution >= 4 is 29.4 Å². The minimum Gasteiger partial charge on any atom is -0.356 e. The van der Waals surface area contributed by atoms with Gasteiger partial charge in [0.2, 0.25) is 11.8 Å². The summed E-state index contributed by atoms with van der Waals surface area (Å²) in [5, 5.41) is 6.95. The highest BCUT2D eigenvalue weighted by atomic mass is 35.5. The Hall–Kier alpha value is -2.28. The van der Waals surface area contributed by atoms with E-state index in [1.807, 2.05) is 34.1 Å². The van der Waals surface area contributed by atoms with E-state index in [-0.39, 0.29) is 11.8 Å². The summed E-state index contributed by atoms with van der Waals surface area (Å²) in [6.45, 7) is 2.92. The maximum Gasteiger partial charge on any atom is 0.242 e. The van der Waals surface area contributed by atoms with Crippen molar-refractivity contribution < 1.29 is 9.59 Å². The lowest BCUT2D eigenvalue weighted by molar-refractivity contribution is -0.135. The smallest absolute Gasteiger partial charge is 0.242 e. The Balaban J connectivity index is 1.40. The van der Waals surface area contributed by atoms with E-state index in [1.54, 1.807) is 7.05 Å². The molecule has 1 saturated carbocycles. The Labute approximate surface area is 171 Å². The number of guanidine groups is 1. The summed E-state index contributed by atoms with van der Waals surface area (Å²) in [5.41, 5.74) is 1.07. The Bertz CT molecular complexity index is 718. The quantitative estimate of drug-likeness (QED) is 0.410. The number of benzene rings is 1. The lowest BCUT2D eigenvalue weighted by atomic mass is 10.2. The molecule has 1 aliphatic heterocycles. The molecule has 0 radical (unpaired) electrons. The molecule has 2 fully saturated rings. The summed E-state index contributed by atoms with van der Waals surface area (Å²) in [6, 6.07) is 7.98. The van der Waals surface area contributed by atoms with Crippen LogP contribution in [0.5, 0.6) is 0 Å². The van der Waals surface area contributed by atoms with E-state index in [4.69, 9.17) is 11.6 Å². The van der Waals surface area contributed by atoms with Gasteiger partial charge in [-0.05, 0) is 37.0 Å². The largest absolute Gasteiger partial charge is 0.356 e. The molecule has 0 atom stereocenters. The standard InChI is InChI=1S/C20H28ClN5O2/c1-22-20(23-10-2-3-18(27)24-17-8-9-17)26-12-11-25(19(28)14-26)13-15-4-6-16(21)7-5-15/h4-7,17H,2-3,8-14H2,1H3,(H,22,23)(H,24,27). The number of rotatable bonds is 7. The maximum atomic E-state index is 12.5. The normalized spacial score (nSPS) is 17.6. The first-order valence-electron chi connectivity index (χ1n) is 9.82.